The number of hydrogen-bond donors (Lipinski definition) is 0. The Bertz CT molecular complexity index is 231. The Hall–Kier alpha value is 2.16. The monoisotopic (exact) mass is 477 g/mol. The molecule has 0 spiro atoms. The maximum absolute atomic E-state index is 4.15. The molecule has 58 valence electrons. The lowest BCUT2D eigenvalue weighted by atomic mass is 11.0. The largest absolute Gasteiger partial charge is 0.225 e. The topological polar surface area (TPSA) is 12.4 Å². The van der Waals surface area contributed by atoms with Gasteiger partial charge in [-0.25, -0.2) is 4.99 Å². The van der Waals surface area contributed by atoms with Crippen molar-refractivity contribution >= 4 is 88.3 Å². The molecule has 1 nitrogen and oxygen atoms in total. The first-order valence-corrected chi connectivity index (χ1v) is 9.68. The summed E-state index contributed by atoms with van der Waals surface area (Å²) in [5.74, 6) is 0. The molecular weight excluding hydrogens is 482 g/mol. The molecule has 0 saturated carbocycles. The highest BCUT2D eigenvalue weighted by Gasteiger charge is 2.33. The number of aliphatic imine (C=N–C) groups is 1. The molecule has 1 heterocycles. The highest BCUT2D eigenvalue weighted by molar-refractivity contribution is 9.97. The molecule has 0 saturated heterocycles. The fourth-order valence-electron chi connectivity index (χ4n) is 0.358. The van der Waals surface area contributed by atoms with Gasteiger partial charge in [0.2, 0.25) is 0 Å². The molecule has 10 heavy (non-hydrogen) atoms. The highest BCUT2D eigenvalue weighted by Crippen LogP contribution is 2.76. The Morgan fingerprint density at radius 2 is 1.60 bits per heavy atom. The Morgan fingerprint density at radius 1 is 1.10 bits per heavy atom. The third kappa shape index (κ3) is 1.74. The number of hydrogen-bond acceptors (Lipinski definition) is 1. The second-order valence-corrected chi connectivity index (χ2v) is 14.9. The summed E-state index contributed by atoms with van der Waals surface area (Å²) >= 11 is 17.0. The van der Waals surface area contributed by atoms with Crippen LogP contribution in [0.1, 0.15) is 0 Å². The average molecular weight is 482 g/mol. The van der Waals surface area contributed by atoms with Crippen LogP contribution < -0.4 is 0 Å². The zero-order valence-electron chi connectivity index (χ0n) is 4.25. The fraction of sp³-hybridized carbons (Fsp3) is 0. The van der Waals surface area contributed by atoms with Crippen LogP contribution in [0, 0.1) is 0 Å². The zero-order valence-corrected chi connectivity index (χ0v) is 13.0. The summed E-state index contributed by atoms with van der Waals surface area (Å²) in [5.41, 5.74) is 0. The van der Waals surface area contributed by atoms with E-state index >= 15 is 0 Å². The van der Waals surface area contributed by atoms with Crippen molar-refractivity contribution in [3.8, 4) is 0 Å². The minimum absolute atomic E-state index is 0.822. The van der Waals surface area contributed by atoms with Gasteiger partial charge in [0.05, 0.1) is 3.81 Å². The molecule has 0 atom stereocenters. The minimum Gasteiger partial charge on any atom is -0.225 e. The van der Waals surface area contributed by atoms with Gasteiger partial charge < -0.3 is 0 Å². The van der Waals surface area contributed by atoms with E-state index in [1.807, 2.05) is 0 Å². The van der Waals surface area contributed by atoms with Crippen molar-refractivity contribution in [3.05, 3.63) is 8.42 Å². The Balaban J connectivity index is 3.11. The van der Waals surface area contributed by atoms with Gasteiger partial charge in [-0.2, -0.15) is 0 Å². The summed E-state index contributed by atoms with van der Waals surface area (Å²) in [6.45, 7) is -1.21. The molecule has 0 radical (unpaired) electrons. The maximum atomic E-state index is 4.15. The van der Waals surface area contributed by atoms with E-state index in [1.165, 1.54) is 0 Å². The molecular formula is C3Br5NS. The molecule has 0 bridgehead atoms. The number of rotatable bonds is 0. The predicted molar refractivity (Wildman–Crippen MR) is 66.7 cm³/mol. The average Bonchev–Trinajstić information content (AvgIpc) is 1.97. The SMILES string of the molecule is BrC1=NC(Br)=C(Br)S1(Br)Br. The first kappa shape index (κ1) is 10.2. The third-order valence-electron chi connectivity index (χ3n) is 0.785. The summed E-state index contributed by atoms with van der Waals surface area (Å²) in [7, 11) is 0. The van der Waals surface area contributed by atoms with E-state index in [-0.39, 0.29) is 0 Å². The molecule has 0 N–H and O–H groups in total. The molecule has 0 aromatic heterocycles. The number of nitrogens with zero attached hydrogens (tertiary/aromatic N) is 1. The highest BCUT2D eigenvalue weighted by atomic mass is 79.9. The lowest BCUT2D eigenvalue weighted by Gasteiger charge is -2.17. The standard InChI is InChI=1S/C3Br5NS/c4-1-2(5)10(7,8)3(6)9-1. The van der Waals surface area contributed by atoms with Crippen LogP contribution in [0.5, 0.6) is 0 Å². The lowest BCUT2D eigenvalue weighted by molar-refractivity contribution is 1.60. The van der Waals surface area contributed by atoms with E-state index in [0.717, 1.165) is 12.4 Å². The Morgan fingerprint density at radius 3 is 1.70 bits per heavy atom. The van der Waals surface area contributed by atoms with Crippen LogP contribution in [0.3, 0.4) is 0 Å². The minimum atomic E-state index is -1.21. The maximum Gasteiger partial charge on any atom is 0.147 e. The van der Waals surface area contributed by atoms with Gasteiger partial charge in [-0.1, -0.05) is 0 Å². The third-order valence-corrected chi connectivity index (χ3v) is 15.8. The van der Waals surface area contributed by atoms with E-state index in [2.05, 4.69) is 82.4 Å². The van der Waals surface area contributed by atoms with Gasteiger partial charge in [-0.3, -0.25) is 0 Å². The normalized spacial score (nSPS) is 26.7. The summed E-state index contributed by atoms with van der Waals surface area (Å²) in [5, 5.41) is 0. The van der Waals surface area contributed by atoms with E-state index in [4.69, 9.17) is 0 Å². The van der Waals surface area contributed by atoms with Crippen LogP contribution in [0.15, 0.2) is 13.4 Å². The van der Waals surface area contributed by atoms with Crippen molar-refractivity contribution < 1.29 is 0 Å². The van der Waals surface area contributed by atoms with E-state index < -0.39 is 6.89 Å². The van der Waals surface area contributed by atoms with Crippen LogP contribution in [0.25, 0.3) is 0 Å². The molecule has 0 aromatic rings. The van der Waals surface area contributed by atoms with Crippen molar-refractivity contribution in [2.45, 2.75) is 0 Å². The molecule has 0 aromatic carbocycles. The molecule has 1 aliphatic rings. The second kappa shape index (κ2) is 3.49. The van der Waals surface area contributed by atoms with Gasteiger partial charge in [-0.05, 0) is 84.3 Å². The Labute approximate surface area is 100 Å². The van der Waals surface area contributed by atoms with Gasteiger partial charge >= 0.3 is 0 Å². The van der Waals surface area contributed by atoms with Gasteiger partial charge in [0.15, 0.2) is 0 Å². The quantitative estimate of drug-likeness (QED) is 0.428. The molecule has 0 amide bonds. The molecule has 0 aliphatic carbocycles. The van der Waals surface area contributed by atoms with Crippen molar-refractivity contribution in [1.82, 2.24) is 0 Å². The van der Waals surface area contributed by atoms with E-state index in [0.29, 0.717) is 0 Å². The van der Waals surface area contributed by atoms with E-state index in [1.54, 1.807) is 0 Å². The molecule has 7 heteroatoms. The van der Waals surface area contributed by atoms with Crippen LogP contribution in [0.2, 0.25) is 0 Å². The van der Waals surface area contributed by atoms with Gasteiger partial charge in [-0.15, -0.1) is 0 Å². The summed E-state index contributed by atoms with van der Waals surface area (Å²) in [4.78, 5) is 4.15. The van der Waals surface area contributed by atoms with Crippen LogP contribution in [-0.2, 0) is 0 Å². The van der Waals surface area contributed by atoms with Crippen molar-refractivity contribution in [2.24, 2.45) is 4.99 Å². The van der Waals surface area contributed by atoms with Crippen LogP contribution >= 0.6 is 84.3 Å². The number of halogens is 5. The van der Waals surface area contributed by atoms with Crippen molar-refractivity contribution in [2.75, 3.05) is 0 Å². The second-order valence-electron chi connectivity index (χ2n) is 1.40. The zero-order chi connectivity index (χ0) is 7.94. The van der Waals surface area contributed by atoms with Gasteiger partial charge in [0.25, 0.3) is 0 Å². The Kier molecular flexibility index (Phi) is 3.58. The summed E-state index contributed by atoms with van der Waals surface area (Å²) < 4.78 is 2.70. The van der Waals surface area contributed by atoms with Crippen molar-refractivity contribution in [1.29, 1.82) is 0 Å². The van der Waals surface area contributed by atoms with Crippen LogP contribution in [0.4, 0.5) is 0 Å². The molecule has 1 rings (SSSR count). The summed E-state index contributed by atoms with van der Waals surface area (Å²) in [6, 6.07) is 0. The summed E-state index contributed by atoms with van der Waals surface area (Å²) in [6.07, 6.45) is 0. The molecule has 1 aliphatic heterocycles. The van der Waals surface area contributed by atoms with Gasteiger partial charge in [0, 0.05) is 0 Å². The predicted octanol–water partition coefficient (Wildman–Crippen LogP) is 5.09. The van der Waals surface area contributed by atoms with Gasteiger partial charge in [0.1, 0.15) is 8.56 Å². The fourth-order valence-corrected chi connectivity index (χ4v) is 6.75. The smallest absolute Gasteiger partial charge is 0.147 e. The molecule has 0 fully saturated rings. The first-order chi connectivity index (χ1) is 4.46. The van der Waals surface area contributed by atoms with E-state index in [9.17, 15) is 0 Å². The van der Waals surface area contributed by atoms with Crippen LogP contribution in [-0.4, -0.2) is 3.95 Å². The van der Waals surface area contributed by atoms with Crippen molar-refractivity contribution in [3.63, 3.8) is 0 Å². The first-order valence-electron chi connectivity index (χ1n) is 1.98. The lowest BCUT2D eigenvalue weighted by Crippen LogP contribution is -1.82. The molecule has 0 unspecified atom stereocenters.